The van der Waals surface area contributed by atoms with Crippen molar-refractivity contribution in [2.75, 3.05) is 0 Å². The van der Waals surface area contributed by atoms with E-state index in [-0.39, 0.29) is 12.1 Å². The molecule has 3 amide bonds. The van der Waals surface area contributed by atoms with E-state index in [0.29, 0.717) is 16.7 Å². The molecule has 2 aromatic heterocycles. The normalized spacial score (nSPS) is 10.3. The van der Waals surface area contributed by atoms with Crippen molar-refractivity contribution in [1.29, 1.82) is 0 Å². The molecule has 9 heteroatoms. The minimum atomic E-state index is -1.10. The summed E-state index contributed by atoms with van der Waals surface area (Å²) in [6.45, 7) is 0.0153. The summed E-state index contributed by atoms with van der Waals surface area (Å²) in [6.07, 6.45) is 1.43. The molecule has 0 aliphatic rings. The van der Waals surface area contributed by atoms with Crippen molar-refractivity contribution >= 4 is 28.7 Å². The van der Waals surface area contributed by atoms with Crippen LogP contribution in [0.5, 0.6) is 0 Å². The maximum atomic E-state index is 12.0. The number of carbonyl (C=O) groups is 3. The van der Waals surface area contributed by atoms with E-state index >= 15 is 0 Å². The van der Waals surface area contributed by atoms with Gasteiger partial charge in [0.25, 0.3) is 5.91 Å². The van der Waals surface area contributed by atoms with Crippen molar-refractivity contribution in [2.45, 2.75) is 6.54 Å². The molecule has 0 radical (unpaired) electrons. The van der Waals surface area contributed by atoms with Gasteiger partial charge in [-0.05, 0) is 24.3 Å². The van der Waals surface area contributed by atoms with Crippen molar-refractivity contribution in [3.63, 3.8) is 0 Å². The van der Waals surface area contributed by atoms with Crippen molar-refractivity contribution in [3.8, 4) is 0 Å². The molecule has 3 aromatic rings. The Balaban J connectivity index is 1.59. The number of benzene rings is 1. The highest BCUT2D eigenvalue weighted by molar-refractivity contribution is 6.35. The summed E-state index contributed by atoms with van der Waals surface area (Å²) in [7, 11) is 0. The van der Waals surface area contributed by atoms with E-state index in [4.69, 9.17) is 8.83 Å². The summed E-state index contributed by atoms with van der Waals surface area (Å²) < 4.78 is 10.0. The molecule has 0 spiro atoms. The second kappa shape index (κ2) is 7.34. The Morgan fingerprint density at radius 3 is 2.54 bits per heavy atom. The van der Waals surface area contributed by atoms with Crippen molar-refractivity contribution in [2.24, 2.45) is 0 Å². The fourth-order valence-corrected chi connectivity index (χ4v) is 2.12. The molecule has 3 rings (SSSR count). The summed E-state index contributed by atoms with van der Waals surface area (Å²) in [6, 6.07) is 11.2. The largest absolute Gasteiger partial charge is 0.467 e. The van der Waals surface area contributed by atoms with Crippen LogP contribution in [0.2, 0.25) is 0 Å². The average Bonchev–Trinajstić information content (AvgIpc) is 3.16. The highest BCUT2D eigenvalue weighted by Gasteiger charge is 2.17. The molecule has 0 unspecified atom stereocenters. The summed E-state index contributed by atoms with van der Waals surface area (Å²) in [5, 5.41) is 2.85. The summed E-state index contributed by atoms with van der Waals surface area (Å²) in [5.41, 5.74) is 3.08. The lowest BCUT2D eigenvalue weighted by Gasteiger charge is -2.07. The van der Waals surface area contributed by atoms with E-state index in [1.54, 1.807) is 36.4 Å². The summed E-state index contributed by atoms with van der Waals surface area (Å²) in [4.78, 5) is 47.2. The van der Waals surface area contributed by atoms with Crippen LogP contribution in [0.4, 0.5) is 0 Å². The van der Waals surface area contributed by atoms with Crippen LogP contribution in [0.3, 0.4) is 0 Å². The third-order valence-electron chi connectivity index (χ3n) is 3.39. The first-order valence-corrected chi connectivity index (χ1v) is 7.48. The zero-order chi connectivity index (χ0) is 18.5. The van der Waals surface area contributed by atoms with Crippen LogP contribution >= 0.6 is 0 Å². The Hall–Kier alpha value is -3.88. The zero-order valence-corrected chi connectivity index (χ0v) is 13.3. The van der Waals surface area contributed by atoms with Crippen molar-refractivity contribution < 1.29 is 23.2 Å². The van der Waals surface area contributed by atoms with E-state index < -0.39 is 23.3 Å². The average molecular weight is 355 g/mol. The molecule has 0 fully saturated rings. The van der Waals surface area contributed by atoms with E-state index in [1.807, 2.05) is 10.9 Å². The number of para-hydroxylation sites is 1. The lowest BCUT2D eigenvalue weighted by molar-refractivity contribution is -0.139. The maximum Gasteiger partial charge on any atom is 0.349 e. The number of hydrazine groups is 1. The fourth-order valence-electron chi connectivity index (χ4n) is 2.12. The van der Waals surface area contributed by atoms with Gasteiger partial charge in [-0.25, -0.2) is 4.79 Å². The first-order chi connectivity index (χ1) is 12.5. The standard InChI is InChI=1S/C17H13N3O6/c21-14(12-8-10-4-1-2-6-13(10)26-17(12)24)19-20-16(23)15(22)18-9-11-5-3-7-25-11/h1-8H,9H2,(H,18,22)(H,19,21)(H,20,23). The maximum absolute atomic E-state index is 12.0. The number of carbonyl (C=O) groups excluding carboxylic acids is 3. The van der Waals surface area contributed by atoms with E-state index in [9.17, 15) is 19.2 Å². The lowest BCUT2D eigenvalue weighted by atomic mass is 10.2. The fraction of sp³-hybridized carbons (Fsp3) is 0.0588. The molecule has 0 saturated carbocycles. The molecule has 0 saturated heterocycles. The monoisotopic (exact) mass is 355 g/mol. The quantitative estimate of drug-likeness (QED) is 0.355. The summed E-state index contributed by atoms with van der Waals surface area (Å²) >= 11 is 0. The lowest BCUT2D eigenvalue weighted by Crippen LogP contribution is -2.49. The van der Waals surface area contributed by atoms with Crippen LogP contribution in [0.15, 0.2) is 62.4 Å². The second-order valence-corrected chi connectivity index (χ2v) is 5.16. The molecule has 132 valence electrons. The Morgan fingerprint density at radius 2 is 1.77 bits per heavy atom. The minimum absolute atomic E-state index is 0.0153. The van der Waals surface area contributed by atoms with Gasteiger partial charge in [0.2, 0.25) is 0 Å². The Labute approximate surface area is 145 Å². The predicted molar refractivity (Wildman–Crippen MR) is 88.6 cm³/mol. The third-order valence-corrected chi connectivity index (χ3v) is 3.39. The molecule has 1 aromatic carbocycles. The van der Waals surface area contributed by atoms with Gasteiger partial charge in [-0.15, -0.1) is 0 Å². The molecular formula is C17H13N3O6. The molecule has 0 aliphatic carbocycles. The highest BCUT2D eigenvalue weighted by Crippen LogP contribution is 2.12. The van der Waals surface area contributed by atoms with Crippen LogP contribution in [0, 0.1) is 0 Å². The molecule has 0 bridgehead atoms. The smallest absolute Gasteiger partial charge is 0.349 e. The minimum Gasteiger partial charge on any atom is -0.467 e. The molecular weight excluding hydrogens is 342 g/mol. The number of hydrogen-bond donors (Lipinski definition) is 3. The summed E-state index contributed by atoms with van der Waals surface area (Å²) in [5.74, 6) is -2.53. The Morgan fingerprint density at radius 1 is 0.962 bits per heavy atom. The van der Waals surface area contributed by atoms with Gasteiger partial charge >= 0.3 is 17.4 Å². The molecule has 3 N–H and O–H groups in total. The van der Waals surface area contributed by atoms with Gasteiger partial charge in [0.1, 0.15) is 16.9 Å². The number of hydrogen-bond acceptors (Lipinski definition) is 6. The second-order valence-electron chi connectivity index (χ2n) is 5.16. The topological polar surface area (TPSA) is 131 Å². The molecule has 0 aliphatic heterocycles. The van der Waals surface area contributed by atoms with Gasteiger partial charge < -0.3 is 14.2 Å². The van der Waals surface area contributed by atoms with Crippen LogP contribution in [-0.4, -0.2) is 17.7 Å². The molecule has 9 nitrogen and oxygen atoms in total. The van der Waals surface area contributed by atoms with E-state index in [2.05, 4.69) is 5.32 Å². The molecule has 0 atom stereocenters. The van der Waals surface area contributed by atoms with E-state index in [0.717, 1.165) is 0 Å². The van der Waals surface area contributed by atoms with Crippen molar-refractivity contribution in [3.05, 3.63) is 70.5 Å². The van der Waals surface area contributed by atoms with Crippen LogP contribution < -0.4 is 21.8 Å². The number of nitrogens with one attached hydrogen (secondary N) is 3. The van der Waals surface area contributed by atoms with Gasteiger partial charge in [-0.2, -0.15) is 0 Å². The van der Waals surface area contributed by atoms with E-state index in [1.165, 1.54) is 12.3 Å². The Kier molecular flexibility index (Phi) is 4.79. The number of fused-ring (bicyclic) bond motifs is 1. The highest BCUT2D eigenvalue weighted by atomic mass is 16.4. The van der Waals surface area contributed by atoms with Crippen LogP contribution in [-0.2, 0) is 16.1 Å². The van der Waals surface area contributed by atoms with Gasteiger partial charge in [0, 0.05) is 5.39 Å². The van der Waals surface area contributed by atoms with Crippen LogP contribution in [0.1, 0.15) is 16.1 Å². The SMILES string of the molecule is O=C(NCc1ccco1)C(=O)NNC(=O)c1cc2ccccc2oc1=O. The molecule has 26 heavy (non-hydrogen) atoms. The first-order valence-electron chi connectivity index (χ1n) is 7.48. The third kappa shape index (κ3) is 3.78. The molecule has 2 heterocycles. The van der Waals surface area contributed by atoms with Crippen molar-refractivity contribution in [1.82, 2.24) is 16.2 Å². The van der Waals surface area contributed by atoms with Gasteiger partial charge in [-0.3, -0.25) is 25.2 Å². The first kappa shape index (κ1) is 17.0. The van der Waals surface area contributed by atoms with Gasteiger partial charge in [0.15, 0.2) is 0 Å². The van der Waals surface area contributed by atoms with Crippen LogP contribution in [0.25, 0.3) is 11.0 Å². The Bertz CT molecular complexity index is 1020. The van der Waals surface area contributed by atoms with Gasteiger partial charge in [0.05, 0.1) is 12.8 Å². The number of rotatable bonds is 3. The predicted octanol–water partition coefficient (Wildman–Crippen LogP) is 0.463. The number of amides is 3. The number of furan rings is 1. The van der Waals surface area contributed by atoms with Gasteiger partial charge in [-0.1, -0.05) is 18.2 Å². The zero-order valence-electron chi connectivity index (χ0n) is 13.3.